The summed E-state index contributed by atoms with van der Waals surface area (Å²) in [7, 11) is 5.50. The highest BCUT2D eigenvalue weighted by Gasteiger charge is 2.29. The Hall–Kier alpha value is -1.92. The lowest BCUT2D eigenvalue weighted by Gasteiger charge is -2.22. The second-order valence-electron chi connectivity index (χ2n) is 3.93. The van der Waals surface area contributed by atoms with Gasteiger partial charge >= 0.3 is 0 Å². The molecule has 6 nitrogen and oxygen atoms in total. The lowest BCUT2D eigenvalue weighted by atomic mass is 9.99. The lowest BCUT2D eigenvalue weighted by molar-refractivity contribution is -0.135. The first-order chi connectivity index (χ1) is 9.00. The van der Waals surface area contributed by atoms with Crippen LogP contribution in [0.2, 0.25) is 0 Å². The fourth-order valence-electron chi connectivity index (χ4n) is 1.75. The Morgan fingerprint density at radius 1 is 1.37 bits per heavy atom. The molecule has 100 valence electrons. The number of carbonyl (C=O) groups excluding carboxylic acids is 2. The summed E-state index contributed by atoms with van der Waals surface area (Å²) >= 11 is 0. The molecule has 2 rings (SSSR count). The van der Waals surface area contributed by atoms with Crippen molar-refractivity contribution in [2.45, 2.75) is 39.7 Å². The van der Waals surface area contributed by atoms with Gasteiger partial charge in [-0.15, -0.1) is 0 Å². The van der Waals surface area contributed by atoms with Crippen LogP contribution in [0.3, 0.4) is 0 Å². The molecule has 1 fully saturated rings. The van der Waals surface area contributed by atoms with Gasteiger partial charge in [-0.3, -0.25) is 29.3 Å². The molecule has 19 heavy (non-hydrogen) atoms. The standard InChI is InChI=1S/C10H10BN3O3.C2H6/c1-5-8(11)12-4-14(10(5)17)6-2-3-7(15)13-9(6)16;1-2/h4,6H,2-3H2,1H3,(H,13,15,16);1-2H3. The number of imide groups is 1. The topological polar surface area (TPSA) is 81.1 Å². The molecule has 1 aromatic heterocycles. The highest BCUT2D eigenvalue weighted by Crippen LogP contribution is 2.15. The molecule has 1 atom stereocenters. The molecule has 0 spiro atoms. The van der Waals surface area contributed by atoms with E-state index >= 15 is 0 Å². The van der Waals surface area contributed by atoms with E-state index in [-0.39, 0.29) is 23.5 Å². The van der Waals surface area contributed by atoms with E-state index in [4.69, 9.17) is 7.85 Å². The SMILES string of the molecule is CC.[B]c1ncn(C2CCC(=O)NC2=O)c(=O)c1C. The third kappa shape index (κ3) is 3.10. The van der Waals surface area contributed by atoms with Crippen molar-refractivity contribution >= 4 is 25.3 Å². The van der Waals surface area contributed by atoms with Crippen molar-refractivity contribution in [1.29, 1.82) is 0 Å². The lowest BCUT2D eigenvalue weighted by Crippen LogP contribution is -2.45. The zero-order valence-corrected chi connectivity index (χ0v) is 11.3. The molecule has 1 aromatic rings. The number of nitrogens with one attached hydrogen (secondary N) is 1. The van der Waals surface area contributed by atoms with Gasteiger partial charge in [0.05, 0.1) is 6.33 Å². The number of aromatic nitrogens is 2. The Kier molecular flexibility index (Phi) is 5.03. The van der Waals surface area contributed by atoms with E-state index < -0.39 is 11.9 Å². The Balaban J connectivity index is 0.000000861. The molecule has 1 aliphatic rings. The Morgan fingerprint density at radius 3 is 2.58 bits per heavy atom. The number of piperidine rings is 1. The summed E-state index contributed by atoms with van der Waals surface area (Å²) in [5.74, 6) is -0.797. The van der Waals surface area contributed by atoms with Crippen LogP contribution in [0.5, 0.6) is 0 Å². The minimum Gasteiger partial charge on any atom is -0.295 e. The van der Waals surface area contributed by atoms with Crippen molar-refractivity contribution in [2.75, 3.05) is 0 Å². The minimum absolute atomic E-state index is 0.151. The maximum absolute atomic E-state index is 11.9. The van der Waals surface area contributed by atoms with E-state index in [2.05, 4.69) is 10.3 Å². The Labute approximate surface area is 112 Å². The quantitative estimate of drug-likeness (QED) is 0.538. The van der Waals surface area contributed by atoms with Gasteiger partial charge in [0.25, 0.3) is 5.56 Å². The van der Waals surface area contributed by atoms with E-state index in [1.54, 1.807) is 6.92 Å². The molecule has 1 saturated heterocycles. The van der Waals surface area contributed by atoms with Crippen LogP contribution in [0.1, 0.15) is 38.3 Å². The van der Waals surface area contributed by atoms with Crippen LogP contribution < -0.4 is 16.5 Å². The summed E-state index contributed by atoms with van der Waals surface area (Å²) in [6.45, 7) is 5.55. The third-order valence-corrected chi connectivity index (χ3v) is 2.81. The Morgan fingerprint density at radius 2 is 2.00 bits per heavy atom. The minimum atomic E-state index is -0.688. The van der Waals surface area contributed by atoms with E-state index in [0.29, 0.717) is 12.0 Å². The van der Waals surface area contributed by atoms with E-state index in [1.807, 2.05) is 13.8 Å². The molecule has 1 unspecified atom stereocenters. The molecule has 0 saturated carbocycles. The number of hydrogen-bond acceptors (Lipinski definition) is 4. The van der Waals surface area contributed by atoms with Gasteiger partial charge in [-0.1, -0.05) is 13.8 Å². The molecule has 0 aliphatic carbocycles. The normalized spacial score (nSPS) is 18.4. The molecule has 2 amide bonds. The first-order valence-corrected chi connectivity index (χ1v) is 6.17. The molecule has 2 radical (unpaired) electrons. The second kappa shape index (κ2) is 6.31. The first-order valence-electron chi connectivity index (χ1n) is 6.17. The van der Waals surface area contributed by atoms with Gasteiger partial charge in [-0.25, -0.2) is 0 Å². The molecule has 7 heteroatoms. The molecule has 2 heterocycles. The van der Waals surface area contributed by atoms with Crippen molar-refractivity contribution in [3.05, 3.63) is 22.2 Å². The summed E-state index contributed by atoms with van der Waals surface area (Å²) < 4.78 is 1.22. The largest absolute Gasteiger partial charge is 0.295 e. The van der Waals surface area contributed by atoms with Crippen molar-refractivity contribution in [1.82, 2.24) is 14.9 Å². The number of nitrogens with zero attached hydrogens (tertiary/aromatic N) is 2. The maximum Gasteiger partial charge on any atom is 0.256 e. The number of rotatable bonds is 1. The second-order valence-corrected chi connectivity index (χ2v) is 3.93. The average Bonchev–Trinajstić information content (AvgIpc) is 2.40. The summed E-state index contributed by atoms with van der Waals surface area (Å²) in [4.78, 5) is 38.3. The smallest absolute Gasteiger partial charge is 0.256 e. The van der Waals surface area contributed by atoms with Crippen LogP contribution in [0.25, 0.3) is 0 Å². The predicted octanol–water partition coefficient (Wildman–Crippen LogP) is -0.651. The van der Waals surface area contributed by atoms with Crippen molar-refractivity contribution in [3.8, 4) is 0 Å². The van der Waals surface area contributed by atoms with Gasteiger partial charge in [0, 0.05) is 12.0 Å². The molecule has 0 bridgehead atoms. The summed E-state index contributed by atoms with van der Waals surface area (Å²) in [5, 5.41) is 2.19. The molecule has 0 aromatic carbocycles. The van der Waals surface area contributed by atoms with Crippen LogP contribution in [0.15, 0.2) is 11.1 Å². The number of hydrogen-bond donors (Lipinski definition) is 1. The average molecular weight is 261 g/mol. The summed E-state index contributed by atoms with van der Waals surface area (Å²) in [6, 6.07) is -0.688. The molecule has 1 N–H and O–H groups in total. The van der Waals surface area contributed by atoms with Crippen LogP contribution in [0, 0.1) is 6.92 Å². The van der Waals surface area contributed by atoms with Gasteiger partial charge in [0.2, 0.25) is 11.8 Å². The zero-order chi connectivity index (χ0) is 14.6. The number of amides is 2. The monoisotopic (exact) mass is 261 g/mol. The van der Waals surface area contributed by atoms with Crippen LogP contribution in [-0.4, -0.2) is 29.2 Å². The van der Waals surface area contributed by atoms with E-state index in [9.17, 15) is 14.4 Å². The highest BCUT2D eigenvalue weighted by atomic mass is 16.2. The van der Waals surface area contributed by atoms with Crippen molar-refractivity contribution < 1.29 is 9.59 Å². The summed E-state index contributed by atoms with van der Waals surface area (Å²) in [5.41, 5.74) is 0.0998. The summed E-state index contributed by atoms with van der Waals surface area (Å²) in [6.07, 6.45) is 1.76. The van der Waals surface area contributed by atoms with Gasteiger partial charge in [-0.05, 0) is 18.9 Å². The van der Waals surface area contributed by atoms with Gasteiger partial charge < -0.3 is 0 Å². The maximum atomic E-state index is 11.9. The molecular weight excluding hydrogens is 245 g/mol. The van der Waals surface area contributed by atoms with Crippen molar-refractivity contribution in [3.63, 3.8) is 0 Å². The molecule has 1 aliphatic heterocycles. The highest BCUT2D eigenvalue weighted by molar-refractivity contribution is 6.31. The predicted molar refractivity (Wildman–Crippen MR) is 71.4 cm³/mol. The van der Waals surface area contributed by atoms with E-state index in [1.165, 1.54) is 10.9 Å². The Bertz CT molecular complexity index is 554. The van der Waals surface area contributed by atoms with Gasteiger partial charge in [0.1, 0.15) is 13.9 Å². The fourth-order valence-corrected chi connectivity index (χ4v) is 1.75. The van der Waals surface area contributed by atoms with E-state index in [0.717, 1.165) is 0 Å². The van der Waals surface area contributed by atoms with Gasteiger partial charge in [0.15, 0.2) is 0 Å². The first kappa shape index (κ1) is 15.1. The third-order valence-electron chi connectivity index (χ3n) is 2.81. The zero-order valence-electron chi connectivity index (χ0n) is 11.3. The van der Waals surface area contributed by atoms with Crippen LogP contribution in [0.4, 0.5) is 0 Å². The van der Waals surface area contributed by atoms with Crippen molar-refractivity contribution in [2.24, 2.45) is 0 Å². The van der Waals surface area contributed by atoms with Gasteiger partial charge in [-0.2, -0.15) is 0 Å². The fraction of sp³-hybridized carbons (Fsp3) is 0.500. The molecular formula is C12H16BN3O3. The number of carbonyl (C=O) groups is 2. The van der Waals surface area contributed by atoms with Crippen LogP contribution >= 0.6 is 0 Å². The van der Waals surface area contributed by atoms with Crippen LogP contribution in [-0.2, 0) is 9.59 Å².